The topological polar surface area (TPSA) is 115 Å². The lowest BCUT2D eigenvalue weighted by Gasteiger charge is -2.24. The van der Waals surface area contributed by atoms with Crippen molar-refractivity contribution < 1.29 is 27.9 Å². The molecule has 0 saturated heterocycles. The Morgan fingerprint density at radius 2 is 1.79 bits per heavy atom. The van der Waals surface area contributed by atoms with Crippen LogP contribution in [0.1, 0.15) is 72.3 Å². The number of ether oxygens (including phenoxy) is 1. The molecule has 1 aromatic heterocycles. The Morgan fingerprint density at radius 1 is 1.03 bits per heavy atom. The van der Waals surface area contributed by atoms with Crippen LogP contribution >= 0.6 is 0 Å². The number of nitrogens with zero attached hydrogens (tertiary/aromatic N) is 1. The second kappa shape index (κ2) is 8.45. The molecule has 9 heteroatoms. The van der Waals surface area contributed by atoms with Crippen LogP contribution in [0.3, 0.4) is 0 Å². The molecule has 0 bridgehead atoms. The minimum atomic E-state index is -3.70. The molecule has 7 rings (SSSR count). The van der Waals surface area contributed by atoms with E-state index < -0.39 is 32.6 Å². The van der Waals surface area contributed by atoms with Crippen molar-refractivity contribution in [3.63, 3.8) is 0 Å². The zero-order valence-electron chi connectivity index (χ0n) is 21.7. The molecule has 1 atom stereocenters. The molecule has 39 heavy (non-hydrogen) atoms. The van der Waals surface area contributed by atoms with Gasteiger partial charge in [0.05, 0.1) is 18.1 Å². The number of hydrogen-bond acceptors (Lipinski definition) is 5. The van der Waals surface area contributed by atoms with Crippen LogP contribution in [0.25, 0.3) is 27.7 Å². The molecule has 2 N–H and O–H groups in total. The van der Waals surface area contributed by atoms with Gasteiger partial charge in [0, 0.05) is 28.6 Å². The Morgan fingerprint density at radius 3 is 2.49 bits per heavy atom. The van der Waals surface area contributed by atoms with Crippen LogP contribution in [-0.4, -0.2) is 42.3 Å². The van der Waals surface area contributed by atoms with E-state index in [-0.39, 0.29) is 12.1 Å². The maximum Gasteiger partial charge on any atom is 0.319 e. The largest absolute Gasteiger partial charge is 0.497 e. The van der Waals surface area contributed by atoms with Crippen molar-refractivity contribution >= 4 is 38.4 Å². The van der Waals surface area contributed by atoms with Gasteiger partial charge in [-0.3, -0.25) is 9.59 Å². The monoisotopic (exact) mass is 546 g/mol. The quantitative estimate of drug-likeness (QED) is 0.446. The number of carboxylic acid groups (broad SMARTS) is 1. The molecule has 2 fully saturated rings. The number of amides is 1. The summed E-state index contributed by atoms with van der Waals surface area (Å²) >= 11 is 0. The first-order valence-corrected chi connectivity index (χ1v) is 15.2. The lowest BCUT2D eigenvalue weighted by molar-refractivity contribution is -0.142. The summed E-state index contributed by atoms with van der Waals surface area (Å²) in [4.78, 5) is 25.7. The van der Waals surface area contributed by atoms with E-state index in [1.54, 1.807) is 25.3 Å². The highest BCUT2D eigenvalue weighted by atomic mass is 32.2. The number of nitrogens with one attached hydrogen (secondary N) is 1. The minimum absolute atomic E-state index is 0.207. The molecular formula is C30H30N2O6S. The second-order valence-electron chi connectivity index (χ2n) is 11.3. The highest BCUT2D eigenvalue weighted by molar-refractivity contribution is 7.91. The summed E-state index contributed by atoms with van der Waals surface area (Å²) in [5, 5.41) is 10.9. The number of carbonyl (C=O) groups excluding carboxylic acids is 1. The van der Waals surface area contributed by atoms with Gasteiger partial charge in [-0.05, 0) is 78.6 Å². The minimum Gasteiger partial charge on any atom is -0.497 e. The third-order valence-corrected chi connectivity index (χ3v) is 10.7. The summed E-state index contributed by atoms with van der Waals surface area (Å²) in [7, 11) is -2.10. The van der Waals surface area contributed by atoms with E-state index in [4.69, 9.17) is 4.74 Å². The van der Waals surface area contributed by atoms with Gasteiger partial charge in [0.15, 0.2) is 0 Å². The van der Waals surface area contributed by atoms with E-state index >= 15 is 0 Å². The summed E-state index contributed by atoms with van der Waals surface area (Å²) in [5.74, 6) is -0.591. The van der Waals surface area contributed by atoms with E-state index in [0.29, 0.717) is 24.5 Å². The van der Waals surface area contributed by atoms with Gasteiger partial charge in [0.2, 0.25) is 10.0 Å². The Bertz CT molecular complexity index is 1710. The van der Waals surface area contributed by atoms with Crippen molar-refractivity contribution in [1.82, 2.24) is 9.29 Å². The van der Waals surface area contributed by atoms with Crippen LogP contribution in [0.4, 0.5) is 0 Å². The van der Waals surface area contributed by atoms with Crippen LogP contribution in [0.15, 0.2) is 42.5 Å². The third-order valence-electron chi connectivity index (χ3n) is 8.93. The molecule has 202 valence electrons. The van der Waals surface area contributed by atoms with Crippen LogP contribution < -0.4 is 9.46 Å². The molecule has 2 saturated carbocycles. The first-order chi connectivity index (χ1) is 18.7. The van der Waals surface area contributed by atoms with Gasteiger partial charge in [-0.2, -0.15) is 0 Å². The molecule has 2 aromatic carbocycles. The maximum absolute atomic E-state index is 13.1. The average Bonchev–Trinajstić information content (AvgIpc) is 3.84. The first kappa shape index (κ1) is 24.5. The number of aromatic nitrogens is 1. The highest BCUT2D eigenvalue weighted by Crippen LogP contribution is 2.59. The third kappa shape index (κ3) is 3.73. The first-order valence-electron chi connectivity index (χ1n) is 13.6. The number of sulfonamides is 1. The lowest BCUT2D eigenvalue weighted by atomic mass is 9.81. The molecule has 1 unspecified atom stereocenters. The SMILES string of the molecule is COc1ccc2c(c1)C1=CC1(C(=O)O)Cn1c-2c(C2CCCCC2)c2ccc(C(=O)NS(=O)(=O)C3CC3)cc21. The van der Waals surface area contributed by atoms with E-state index in [1.165, 1.54) is 12.0 Å². The lowest BCUT2D eigenvalue weighted by Crippen LogP contribution is -2.33. The van der Waals surface area contributed by atoms with Gasteiger partial charge < -0.3 is 14.4 Å². The van der Waals surface area contributed by atoms with E-state index in [0.717, 1.165) is 59.0 Å². The van der Waals surface area contributed by atoms with Gasteiger partial charge in [0.1, 0.15) is 11.2 Å². The molecule has 3 aliphatic carbocycles. The number of hydrogen-bond donors (Lipinski definition) is 2. The van der Waals surface area contributed by atoms with E-state index in [9.17, 15) is 23.1 Å². The summed E-state index contributed by atoms with van der Waals surface area (Å²) < 4.78 is 34.7. The molecule has 3 aromatic rings. The Hall–Kier alpha value is -3.59. The van der Waals surface area contributed by atoms with Gasteiger partial charge in [-0.1, -0.05) is 31.4 Å². The van der Waals surface area contributed by atoms with E-state index in [1.807, 2.05) is 24.3 Å². The van der Waals surface area contributed by atoms with Crippen molar-refractivity contribution in [2.24, 2.45) is 5.41 Å². The number of carboxylic acids is 1. The Balaban J connectivity index is 1.46. The van der Waals surface area contributed by atoms with Gasteiger partial charge in [-0.25, -0.2) is 13.1 Å². The molecule has 1 aliphatic heterocycles. The number of fused-ring (bicyclic) bond motifs is 7. The fraction of sp³-hybridized carbons (Fsp3) is 0.400. The van der Waals surface area contributed by atoms with Crippen LogP contribution in [0, 0.1) is 5.41 Å². The normalized spacial score (nSPS) is 22.2. The van der Waals surface area contributed by atoms with Crippen LogP contribution in [0.5, 0.6) is 5.75 Å². The molecular weight excluding hydrogens is 516 g/mol. The highest BCUT2D eigenvalue weighted by Gasteiger charge is 2.55. The Kier molecular flexibility index (Phi) is 5.30. The number of carbonyl (C=O) groups is 2. The zero-order chi connectivity index (χ0) is 27.1. The fourth-order valence-corrected chi connectivity index (χ4v) is 7.96. The van der Waals surface area contributed by atoms with Crippen molar-refractivity contribution in [1.29, 1.82) is 0 Å². The van der Waals surface area contributed by atoms with Crippen molar-refractivity contribution in [2.75, 3.05) is 7.11 Å². The Labute approximate surface area is 226 Å². The number of methoxy groups -OCH3 is 1. The maximum atomic E-state index is 13.1. The van der Waals surface area contributed by atoms with Gasteiger partial charge in [0.25, 0.3) is 5.91 Å². The molecule has 4 aliphatic rings. The zero-order valence-corrected chi connectivity index (χ0v) is 22.5. The molecule has 2 heterocycles. The standard InChI is InChI=1S/C30H30N2O6S/c1-38-19-8-12-21-23(14-19)24-15-30(24,29(34)35)16-32-25-13-18(28(33)31-39(36,37)20-9-10-20)7-11-22(25)26(27(21)32)17-5-3-2-4-6-17/h7-8,11-15,17,20H,2-6,9-10,16H2,1H3,(H,31,33)(H,34,35). The average molecular weight is 547 g/mol. The molecule has 0 spiro atoms. The number of rotatable bonds is 6. The van der Waals surface area contributed by atoms with Crippen LogP contribution in [-0.2, 0) is 21.4 Å². The van der Waals surface area contributed by atoms with Gasteiger partial charge in [-0.15, -0.1) is 0 Å². The van der Waals surface area contributed by atoms with Crippen LogP contribution in [0.2, 0.25) is 0 Å². The van der Waals surface area contributed by atoms with E-state index in [2.05, 4.69) is 9.29 Å². The smallest absolute Gasteiger partial charge is 0.319 e. The fourth-order valence-electron chi connectivity index (χ4n) is 6.66. The van der Waals surface area contributed by atoms with Crippen molar-refractivity contribution in [3.8, 4) is 17.0 Å². The molecule has 1 amide bonds. The molecule has 8 nitrogen and oxygen atoms in total. The molecule has 0 radical (unpaired) electrons. The summed E-state index contributed by atoms with van der Waals surface area (Å²) in [6.45, 7) is 0.207. The van der Waals surface area contributed by atoms with Crippen molar-refractivity contribution in [3.05, 3.63) is 59.2 Å². The number of benzene rings is 2. The van der Waals surface area contributed by atoms with Crippen molar-refractivity contribution in [2.45, 2.75) is 62.7 Å². The summed E-state index contributed by atoms with van der Waals surface area (Å²) in [6, 6.07) is 11.2. The predicted octanol–water partition coefficient (Wildman–Crippen LogP) is 5.07. The van der Waals surface area contributed by atoms with Gasteiger partial charge >= 0.3 is 5.97 Å². The number of aliphatic carboxylic acids is 1. The summed E-state index contributed by atoms with van der Waals surface area (Å²) in [5.41, 5.74) is 4.64. The second-order valence-corrected chi connectivity index (χ2v) is 13.3. The predicted molar refractivity (Wildman–Crippen MR) is 147 cm³/mol. The summed E-state index contributed by atoms with van der Waals surface area (Å²) in [6.07, 6.45) is 8.50.